The van der Waals surface area contributed by atoms with Gasteiger partial charge >= 0.3 is 11.9 Å². The van der Waals surface area contributed by atoms with Gasteiger partial charge in [-0.25, -0.2) is 4.79 Å². The number of rotatable bonds is 6. The molecular formula is C18H20N3O6+. The van der Waals surface area contributed by atoms with E-state index in [1.807, 2.05) is 18.2 Å². The average molecular weight is 374 g/mol. The Labute approximate surface area is 155 Å². The van der Waals surface area contributed by atoms with Gasteiger partial charge in [0.15, 0.2) is 6.61 Å². The molecule has 0 aliphatic carbocycles. The first-order valence-corrected chi connectivity index (χ1v) is 8.59. The minimum atomic E-state index is -0.898. The van der Waals surface area contributed by atoms with Crippen LogP contribution in [0.1, 0.15) is 16.1 Å². The van der Waals surface area contributed by atoms with E-state index in [1.165, 1.54) is 10.5 Å². The molecule has 0 saturated carbocycles. The Morgan fingerprint density at radius 2 is 1.85 bits per heavy atom. The zero-order valence-corrected chi connectivity index (χ0v) is 14.6. The minimum Gasteiger partial charge on any atom is -0.450 e. The molecule has 0 unspecified atom stereocenters. The van der Waals surface area contributed by atoms with Gasteiger partial charge in [0.1, 0.15) is 11.5 Å². The minimum absolute atomic E-state index is 0.289. The number of benzene rings is 1. The topological polar surface area (TPSA) is 107 Å². The molecule has 0 radical (unpaired) electrons. The molecule has 1 amide bonds. The number of nitrogens with one attached hydrogen (secondary N) is 1. The standard InChI is InChI=1S/C18H19N3O6/c22-16(13-26-18(23)15-6-7-17(27-15)21(24)25)20-10-8-19(9-11-20)12-14-4-2-1-3-5-14/h1-7H,8-13H2/p+1. The van der Waals surface area contributed by atoms with Crippen molar-refractivity contribution < 1.29 is 28.6 Å². The molecule has 0 atom stereocenters. The van der Waals surface area contributed by atoms with Crippen LogP contribution < -0.4 is 4.90 Å². The first kappa shape index (κ1) is 18.6. The summed E-state index contributed by atoms with van der Waals surface area (Å²) in [5.74, 6) is -2.04. The second kappa shape index (κ2) is 8.45. The van der Waals surface area contributed by atoms with Gasteiger partial charge in [-0.05, 0) is 6.07 Å². The summed E-state index contributed by atoms with van der Waals surface area (Å²) in [6.07, 6.45) is 0. The summed E-state index contributed by atoms with van der Waals surface area (Å²) in [6, 6.07) is 12.4. The van der Waals surface area contributed by atoms with Crippen molar-refractivity contribution in [1.29, 1.82) is 0 Å². The van der Waals surface area contributed by atoms with Crippen LogP contribution in [0.2, 0.25) is 0 Å². The van der Waals surface area contributed by atoms with Crippen LogP contribution in [-0.4, -0.2) is 54.5 Å². The highest BCUT2D eigenvalue weighted by Crippen LogP contribution is 2.16. The summed E-state index contributed by atoms with van der Waals surface area (Å²) < 4.78 is 9.66. The van der Waals surface area contributed by atoms with Gasteiger partial charge in [-0.3, -0.25) is 14.9 Å². The van der Waals surface area contributed by atoms with Gasteiger partial charge in [-0.15, -0.1) is 0 Å². The highest BCUT2D eigenvalue weighted by Gasteiger charge is 2.25. The summed E-state index contributed by atoms with van der Waals surface area (Å²) in [4.78, 5) is 36.9. The number of nitrogens with zero attached hydrogens (tertiary/aromatic N) is 2. The van der Waals surface area contributed by atoms with Crippen molar-refractivity contribution in [1.82, 2.24) is 4.90 Å². The summed E-state index contributed by atoms with van der Waals surface area (Å²) in [5, 5.41) is 10.5. The Morgan fingerprint density at radius 3 is 2.48 bits per heavy atom. The molecular weight excluding hydrogens is 354 g/mol. The number of ether oxygens (including phenoxy) is 1. The number of quaternary nitrogens is 1. The fraction of sp³-hybridized carbons (Fsp3) is 0.333. The van der Waals surface area contributed by atoms with Gasteiger partial charge in [-0.2, -0.15) is 0 Å². The van der Waals surface area contributed by atoms with E-state index in [2.05, 4.69) is 12.1 Å². The number of piperazine rings is 1. The van der Waals surface area contributed by atoms with E-state index in [4.69, 9.17) is 9.15 Å². The molecule has 1 aromatic carbocycles. The van der Waals surface area contributed by atoms with Gasteiger partial charge in [0.25, 0.3) is 5.91 Å². The van der Waals surface area contributed by atoms with Crippen LogP contribution in [0, 0.1) is 10.1 Å². The second-order valence-electron chi connectivity index (χ2n) is 6.26. The number of hydrogen-bond donors (Lipinski definition) is 1. The van der Waals surface area contributed by atoms with Crippen molar-refractivity contribution in [2.45, 2.75) is 6.54 Å². The van der Waals surface area contributed by atoms with Gasteiger partial charge in [-0.1, -0.05) is 30.3 Å². The number of esters is 1. The van der Waals surface area contributed by atoms with E-state index in [-0.39, 0.29) is 11.7 Å². The monoisotopic (exact) mass is 374 g/mol. The van der Waals surface area contributed by atoms with Crippen LogP contribution >= 0.6 is 0 Å². The summed E-state index contributed by atoms with van der Waals surface area (Å²) >= 11 is 0. The van der Waals surface area contributed by atoms with Crippen LogP contribution in [0.3, 0.4) is 0 Å². The maximum absolute atomic E-state index is 12.2. The lowest BCUT2D eigenvalue weighted by Gasteiger charge is -2.32. The molecule has 142 valence electrons. The average Bonchev–Trinajstić information content (AvgIpc) is 3.18. The molecule has 0 spiro atoms. The van der Waals surface area contributed by atoms with E-state index in [9.17, 15) is 19.7 Å². The number of amides is 1. The molecule has 1 aliphatic heterocycles. The highest BCUT2D eigenvalue weighted by molar-refractivity contribution is 5.89. The van der Waals surface area contributed by atoms with E-state index >= 15 is 0 Å². The zero-order valence-electron chi connectivity index (χ0n) is 14.6. The molecule has 1 fully saturated rings. The Kier molecular flexibility index (Phi) is 5.82. The third-order valence-corrected chi connectivity index (χ3v) is 4.42. The molecule has 27 heavy (non-hydrogen) atoms. The van der Waals surface area contributed by atoms with Crippen molar-refractivity contribution in [3.8, 4) is 0 Å². The lowest BCUT2D eigenvalue weighted by atomic mass is 10.2. The molecule has 3 rings (SSSR count). The van der Waals surface area contributed by atoms with E-state index in [1.54, 1.807) is 4.90 Å². The smallest absolute Gasteiger partial charge is 0.433 e. The predicted molar refractivity (Wildman–Crippen MR) is 93.1 cm³/mol. The fourth-order valence-corrected chi connectivity index (χ4v) is 2.96. The van der Waals surface area contributed by atoms with Crippen molar-refractivity contribution in [2.75, 3.05) is 32.8 Å². The number of carbonyl (C=O) groups is 2. The number of hydrogen-bond acceptors (Lipinski definition) is 6. The van der Waals surface area contributed by atoms with Crippen LogP contribution in [-0.2, 0) is 16.1 Å². The van der Waals surface area contributed by atoms with Gasteiger partial charge in [0, 0.05) is 5.56 Å². The van der Waals surface area contributed by atoms with Crippen LogP contribution in [0.4, 0.5) is 5.88 Å². The summed E-state index contributed by atoms with van der Waals surface area (Å²) in [7, 11) is 0. The predicted octanol–water partition coefficient (Wildman–Crippen LogP) is 0.272. The molecule has 1 aromatic heterocycles. The van der Waals surface area contributed by atoms with Gasteiger partial charge in [0.05, 0.1) is 32.2 Å². The largest absolute Gasteiger partial charge is 0.450 e. The molecule has 1 N–H and O–H groups in total. The number of carbonyl (C=O) groups excluding carboxylic acids is 2. The highest BCUT2D eigenvalue weighted by atomic mass is 16.7. The fourth-order valence-electron chi connectivity index (χ4n) is 2.96. The molecule has 0 bridgehead atoms. The van der Waals surface area contributed by atoms with E-state index in [0.717, 1.165) is 31.8 Å². The third-order valence-electron chi connectivity index (χ3n) is 4.42. The first-order chi connectivity index (χ1) is 13.0. The third kappa shape index (κ3) is 4.91. The summed E-state index contributed by atoms with van der Waals surface area (Å²) in [5.41, 5.74) is 1.26. The molecule has 2 heterocycles. The molecule has 2 aromatic rings. The Hall–Kier alpha value is -3.20. The van der Waals surface area contributed by atoms with Crippen molar-refractivity contribution >= 4 is 17.8 Å². The SMILES string of the molecule is O=C(OCC(=O)N1CC[NH+](Cc2ccccc2)CC1)c1ccc([N+](=O)[O-])o1. The van der Waals surface area contributed by atoms with Crippen molar-refractivity contribution in [3.05, 3.63) is 63.9 Å². The number of nitro groups is 1. The molecule has 1 aliphatic rings. The van der Waals surface area contributed by atoms with Crippen LogP contribution in [0.5, 0.6) is 0 Å². The van der Waals surface area contributed by atoms with Crippen LogP contribution in [0.25, 0.3) is 0 Å². The molecule has 9 nitrogen and oxygen atoms in total. The zero-order chi connectivity index (χ0) is 19.2. The molecule has 1 saturated heterocycles. The van der Waals surface area contributed by atoms with Crippen LogP contribution in [0.15, 0.2) is 46.9 Å². The molecule has 9 heteroatoms. The Balaban J connectivity index is 1.42. The van der Waals surface area contributed by atoms with E-state index in [0.29, 0.717) is 13.1 Å². The quantitative estimate of drug-likeness (QED) is 0.442. The summed E-state index contributed by atoms with van der Waals surface area (Å²) in [6.45, 7) is 3.31. The Morgan fingerprint density at radius 1 is 1.15 bits per heavy atom. The van der Waals surface area contributed by atoms with E-state index < -0.39 is 23.4 Å². The first-order valence-electron chi connectivity index (χ1n) is 8.59. The normalized spacial score (nSPS) is 14.7. The lowest BCUT2D eigenvalue weighted by molar-refractivity contribution is -0.917. The maximum Gasteiger partial charge on any atom is 0.433 e. The van der Waals surface area contributed by atoms with Crippen molar-refractivity contribution in [3.63, 3.8) is 0 Å². The van der Waals surface area contributed by atoms with Gasteiger partial charge in [0.2, 0.25) is 5.76 Å². The second-order valence-corrected chi connectivity index (χ2v) is 6.26. The maximum atomic E-state index is 12.2. The van der Waals surface area contributed by atoms with Crippen molar-refractivity contribution in [2.24, 2.45) is 0 Å². The Bertz CT molecular complexity index is 812. The lowest BCUT2D eigenvalue weighted by Crippen LogP contribution is -3.13. The number of furan rings is 1. The van der Waals surface area contributed by atoms with Gasteiger partial charge < -0.3 is 19.0 Å².